The maximum Gasteiger partial charge on any atom is 0.243 e. The van der Waals surface area contributed by atoms with Crippen molar-refractivity contribution in [2.24, 2.45) is 5.73 Å². The minimum absolute atomic E-state index is 0. The molecular formula is C14H23ClN2O4S. The first-order valence-corrected chi connectivity index (χ1v) is 8.54. The van der Waals surface area contributed by atoms with Gasteiger partial charge in [-0.1, -0.05) is 0 Å². The third kappa shape index (κ3) is 4.82. The average Bonchev–Trinajstić information content (AvgIpc) is 2.91. The number of rotatable bonds is 7. The van der Waals surface area contributed by atoms with Gasteiger partial charge in [0.15, 0.2) is 0 Å². The van der Waals surface area contributed by atoms with Crippen LogP contribution in [0.1, 0.15) is 13.3 Å². The van der Waals surface area contributed by atoms with E-state index in [0.29, 0.717) is 45.1 Å². The van der Waals surface area contributed by atoms with E-state index >= 15 is 0 Å². The average molecular weight is 351 g/mol. The van der Waals surface area contributed by atoms with Crippen LogP contribution in [0.3, 0.4) is 0 Å². The van der Waals surface area contributed by atoms with E-state index in [9.17, 15) is 8.42 Å². The van der Waals surface area contributed by atoms with Crippen LogP contribution in [0.15, 0.2) is 29.2 Å². The van der Waals surface area contributed by atoms with Crippen LogP contribution in [0.5, 0.6) is 5.75 Å². The largest absolute Gasteiger partial charge is 0.491 e. The molecule has 126 valence electrons. The third-order valence-corrected chi connectivity index (χ3v) is 5.23. The number of ether oxygens (including phenoxy) is 2. The molecule has 6 nitrogen and oxygen atoms in total. The molecule has 0 bridgehead atoms. The van der Waals surface area contributed by atoms with Crippen molar-refractivity contribution in [2.75, 3.05) is 32.9 Å². The van der Waals surface area contributed by atoms with E-state index in [1.165, 1.54) is 4.31 Å². The molecule has 0 unspecified atom stereocenters. The van der Waals surface area contributed by atoms with Crippen LogP contribution in [0.2, 0.25) is 0 Å². The minimum atomic E-state index is -3.44. The number of nitrogens with two attached hydrogens (primary N) is 1. The second-order valence-corrected chi connectivity index (χ2v) is 6.87. The van der Waals surface area contributed by atoms with E-state index in [2.05, 4.69) is 0 Å². The Labute approximate surface area is 138 Å². The summed E-state index contributed by atoms with van der Waals surface area (Å²) in [4.78, 5) is 0.272. The van der Waals surface area contributed by atoms with Gasteiger partial charge in [0.25, 0.3) is 0 Å². The fourth-order valence-corrected chi connectivity index (χ4v) is 3.70. The van der Waals surface area contributed by atoms with Gasteiger partial charge in [-0.25, -0.2) is 8.42 Å². The van der Waals surface area contributed by atoms with Crippen LogP contribution >= 0.6 is 12.4 Å². The highest BCUT2D eigenvalue weighted by Crippen LogP contribution is 2.22. The Bertz CT molecular complexity index is 550. The van der Waals surface area contributed by atoms with E-state index in [1.807, 2.05) is 6.92 Å². The molecule has 1 heterocycles. The maximum atomic E-state index is 12.4. The molecule has 0 radical (unpaired) electrons. The number of hydrogen-bond acceptors (Lipinski definition) is 5. The van der Waals surface area contributed by atoms with Gasteiger partial charge in [0.1, 0.15) is 12.4 Å². The van der Waals surface area contributed by atoms with Gasteiger partial charge in [-0.15, -0.1) is 12.4 Å². The van der Waals surface area contributed by atoms with Crippen molar-refractivity contribution in [3.8, 4) is 5.75 Å². The summed E-state index contributed by atoms with van der Waals surface area (Å²) in [5.74, 6) is 0.631. The molecular weight excluding hydrogens is 328 g/mol. The van der Waals surface area contributed by atoms with Crippen molar-refractivity contribution in [3.05, 3.63) is 24.3 Å². The van der Waals surface area contributed by atoms with Crippen LogP contribution in [0.4, 0.5) is 0 Å². The molecule has 0 saturated carbocycles. The van der Waals surface area contributed by atoms with E-state index < -0.39 is 10.0 Å². The molecule has 1 atom stereocenters. The zero-order chi connectivity index (χ0) is 15.3. The summed E-state index contributed by atoms with van der Waals surface area (Å²) in [6.07, 6.45) is 0.706. The van der Waals surface area contributed by atoms with Gasteiger partial charge in [0.05, 0.1) is 11.5 Å². The number of hydrogen-bond donors (Lipinski definition) is 1. The molecule has 2 N–H and O–H groups in total. The van der Waals surface area contributed by atoms with Crippen LogP contribution in [-0.4, -0.2) is 51.7 Å². The minimum Gasteiger partial charge on any atom is -0.491 e. The standard InChI is InChI=1S/C14H22N2O4S.ClH/c1-2-19-9-10-20-13-3-5-14(6-4-13)21(17,18)16-8-7-12(15)11-16;/h3-6,12H,2,7-11,15H2,1H3;1H/t12-;/m1./s1. The zero-order valence-corrected chi connectivity index (χ0v) is 14.2. The summed E-state index contributed by atoms with van der Waals surface area (Å²) in [6.45, 7) is 4.40. The van der Waals surface area contributed by atoms with E-state index in [1.54, 1.807) is 24.3 Å². The van der Waals surface area contributed by atoms with E-state index in [4.69, 9.17) is 15.2 Å². The molecule has 1 saturated heterocycles. The predicted octanol–water partition coefficient (Wildman–Crippen LogP) is 1.25. The second kappa shape index (κ2) is 8.69. The highest BCUT2D eigenvalue weighted by Gasteiger charge is 2.30. The van der Waals surface area contributed by atoms with Crippen LogP contribution in [0, 0.1) is 0 Å². The Morgan fingerprint density at radius 2 is 1.95 bits per heavy atom. The molecule has 1 aromatic carbocycles. The van der Waals surface area contributed by atoms with Crippen molar-refractivity contribution in [3.63, 3.8) is 0 Å². The molecule has 1 aliphatic rings. The smallest absolute Gasteiger partial charge is 0.243 e. The number of sulfonamides is 1. The Morgan fingerprint density at radius 1 is 1.27 bits per heavy atom. The summed E-state index contributed by atoms with van der Waals surface area (Å²) in [7, 11) is -3.44. The summed E-state index contributed by atoms with van der Waals surface area (Å²) in [6, 6.07) is 6.38. The summed E-state index contributed by atoms with van der Waals surface area (Å²) >= 11 is 0. The number of nitrogens with zero attached hydrogens (tertiary/aromatic N) is 1. The lowest BCUT2D eigenvalue weighted by atomic mass is 10.3. The molecule has 1 aliphatic heterocycles. The first-order valence-electron chi connectivity index (χ1n) is 7.10. The Morgan fingerprint density at radius 3 is 2.50 bits per heavy atom. The zero-order valence-electron chi connectivity index (χ0n) is 12.6. The molecule has 0 aromatic heterocycles. The van der Waals surface area contributed by atoms with Gasteiger partial charge in [0.2, 0.25) is 10.0 Å². The van der Waals surface area contributed by atoms with Crippen LogP contribution in [0.25, 0.3) is 0 Å². The van der Waals surface area contributed by atoms with Crippen molar-refractivity contribution >= 4 is 22.4 Å². The molecule has 0 aliphatic carbocycles. The van der Waals surface area contributed by atoms with Gasteiger partial charge in [-0.3, -0.25) is 0 Å². The SMILES string of the molecule is CCOCCOc1ccc(S(=O)(=O)N2CC[C@@H](N)C2)cc1.Cl. The van der Waals surface area contributed by atoms with E-state index in [0.717, 1.165) is 0 Å². The second-order valence-electron chi connectivity index (χ2n) is 4.93. The van der Waals surface area contributed by atoms with Crippen LogP contribution < -0.4 is 10.5 Å². The lowest BCUT2D eigenvalue weighted by molar-refractivity contribution is 0.110. The lowest BCUT2D eigenvalue weighted by Gasteiger charge is -2.16. The van der Waals surface area contributed by atoms with Gasteiger partial charge >= 0.3 is 0 Å². The molecule has 0 amide bonds. The summed E-state index contributed by atoms with van der Waals surface area (Å²) in [5, 5.41) is 0. The quantitative estimate of drug-likeness (QED) is 0.748. The van der Waals surface area contributed by atoms with Crippen molar-refractivity contribution in [1.29, 1.82) is 0 Å². The monoisotopic (exact) mass is 350 g/mol. The summed E-state index contributed by atoms with van der Waals surface area (Å²) in [5.41, 5.74) is 5.77. The molecule has 8 heteroatoms. The van der Waals surface area contributed by atoms with Crippen molar-refractivity contribution < 1.29 is 17.9 Å². The molecule has 2 rings (SSSR count). The van der Waals surface area contributed by atoms with Gasteiger partial charge in [0, 0.05) is 25.7 Å². The lowest BCUT2D eigenvalue weighted by Crippen LogP contribution is -2.31. The first-order chi connectivity index (χ1) is 10.0. The molecule has 0 spiro atoms. The topological polar surface area (TPSA) is 81.9 Å². The van der Waals surface area contributed by atoms with Gasteiger partial charge < -0.3 is 15.2 Å². The number of benzene rings is 1. The van der Waals surface area contributed by atoms with Crippen LogP contribution in [-0.2, 0) is 14.8 Å². The highest BCUT2D eigenvalue weighted by atomic mass is 35.5. The third-order valence-electron chi connectivity index (χ3n) is 3.35. The Kier molecular flexibility index (Phi) is 7.58. The fourth-order valence-electron chi connectivity index (χ4n) is 2.19. The molecule has 1 fully saturated rings. The summed E-state index contributed by atoms with van der Waals surface area (Å²) < 4.78 is 36.9. The van der Waals surface area contributed by atoms with E-state index in [-0.39, 0.29) is 23.3 Å². The molecule has 22 heavy (non-hydrogen) atoms. The van der Waals surface area contributed by atoms with Gasteiger partial charge in [-0.2, -0.15) is 4.31 Å². The fraction of sp³-hybridized carbons (Fsp3) is 0.571. The van der Waals surface area contributed by atoms with Gasteiger partial charge in [-0.05, 0) is 37.6 Å². The van der Waals surface area contributed by atoms with Crippen molar-refractivity contribution in [1.82, 2.24) is 4.31 Å². The Hall–Kier alpha value is -0.860. The Balaban J connectivity index is 0.00000242. The first kappa shape index (κ1) is 19.2. The highest BCUT2D eigenvalue weighted by molar-refractivity contribution is 7.89. The number of halogens is 1. The van der Waals surface area contributed by atoms with Crippen molar-refractivity contribution in [2.45, 2.75) is 24.3 Å². The molecule has 1 aromatic rings. The maximum absolute atomic E-state index is 12.4. The predicted molar refractivity (Wildman–Crippen MR) is 87.0 cm³/mol. The normalized spacial score (nSPS) is 18.9.